The lowest BCUT2D eigenvalue weighted by Crippen LogP contribution is -2.22. The number of methoxy groups -OCH3 is 2. The van der Waals surface area contributed by atoms with Crippen LogP contribution in [0, 0.1) is 0 Å². The van der Waals surface area contributed by atoms with Crippen LogP contribution in [0.25, 0.3) is 11.5 Å². The third-order valence-electron chi connectivity index (χ3n) is 4.18. The molecule has 0 radical (unpaired) electrons. The standard InChI is InChI=1S/C20H30N2O3/c1-19(2,3)14-11-13(16(24-8)12-15(14)20(4,5)6)18-21-17(22-25-18)9-10-23-7/h11-12H,9-10H2,1-8H3. The highest BCUT2D eigenvalue weighted by Crippen LogP contribution is 2.41. The van der Waals surface area contributed by atoms with Crippen LogP contribution in [0.1, 0.15) is 58.5 Å². The van der Waals surface area contributed by atoms with Gasteiger partial charge in [0, 0.05) is 13.5 Å². The molecule has 1 aromatic heterocycles. The van der Waals surface area contributed by atoms with Crippen molar-refractivity contribution in [3.63, 3.8) is 0 Å². The summed E-state index contributed by atoms with van der Waals surface area (Å²) in [5, 5.41) is 4.05. The van der Waals surface area contributed by atoms with Gasteiger partial charge in [-0.15, -0.1) is 0 Å². The monoisotopic (exact) mass is 346 g/mol. The molecule has 0 saturated heterocycles. The van der Waals surface area contributed by atoms with Crippen molar-refractivity contribution in [2.45, 2.75) is 58.8 Å². The van der Waals surface area contributed by atoms with Gasteiger partial charge in [0.2, 0.25) is 0 Å². The molecule has 5 heteroatoms. The van der Waals surface area contributed by atoms with Crippen LogP contribution in [-0.2, 0) is 22.0 Å². The summed E-state index contributed by atoms with van der Waals surface area (Å²) in [5.41, 5.74) is 3.35. The first-order valence-electron chi connectivity index (χ1n) is 8.63. The third kappa shape index (κ3) is 4.40. The lowest BCUT2D eigenvalue weighted by atomic mass is 9.74. The minimum absolute atomic E-state index is 0.00684. The van der Waals surface area contributed by atoms with Crippen molar-refractivity contribution in [1.29, 1.82) is 0 Å². The highest BCUT2D eigenvalue weighted by molar-refractivity contribution is 5.66. The van der Waals surface area contributed by atoms with Crippen LogP contribution < -0.4 is 4.74 Å². The lowest BCUT2D eigenvalue weighted by molar-refractivity contribution is 0.199. The van der Waals surface area contributed by atoms with Gasteiger partial charge in [0.25, 0.3) is 5.89 Å². The molecule has 0 saturated carbocycles. The topological polar surface area (TPSA) is 57.4 Å². The molecule has 1 aromatic carbocycles. The van der Waals surface area contributed by atoms with Gasteiger partial charge in [0.15, 0.2) is 5.82 Å². The maximum Gasteiger partial charge on any atom is 0.261 e. The average molecular weight is 346 g/mol. The second kappa shape index (κ2) is 7.16. The summed E-state index contributed by atoms with van der Waals surface area (Å²) >= 11 is 0. The zero-order chi connectivity index (χ0) is 18.8. The molecule has 1 heterocycles. The Morgan fingerprint density at radius 3 is 2.08 bits per heavy atom. The summed E-state index contributed by atoms with van der Waals surface area (Å²) < 4.78 is 16.2. The fraction of sp³-hybridized carbons (Fsp3) is 0.600. The molecule has 0 unspecified atom stereocenters. The van der Waals surface area contributed by atoms with Crippen molar-refractivity contribution in [2.24, 2.45) is 0 Å². The first kappa shape index (κ1) is 19.4. The molecule has 0 atom stereocenters. The Morgan fingerprint density at radius 1 is 0.960 bits per heavy atom. The molecule has 0 spiro atoms. The van der Waals surface area contributed by atoms with E-state index in [0.717, 1.165) is 11.3 Å². The highest BCUT2D eigenvalue weighted by Gasteiger charge is 2.28. The lowest BCUT2D eigenvalue weighted by Gasteiger charge is -2.31. The predicted molar refractivity (Wildman–Crippen MR) is 99.3 cm³/mol. The van der Waals surface area contributed by atoms with Crippen molar-refractivity contribution < 1.29 is 14.0 Å². The Hall–Kier alpha value is -1.88. The van der Waals surface area contributed by atoms with Crippen LogP contribution in [0.4, 0.5) is 0 Å². The van der Waals surface area contributed by atoms with Crippen LogP contribution in [-0.4, -0.2) is 31.0 Å². The smallest absolute Gasteiger partial charge is 0.261 e. The van der Waals surface area contributed by atoms with E-state index in [9.17, 15) is 0 Å². The average Bonchev–Trinajstić information content (AvgIpc) is 2.98. The van der Waals surface area contributed by atoms with Crippen LogP contribution >= 0.6 is 0 Å². The number of benzene rings is 1. The van der Waals surface area contributed by atoms with Crippen molar-refractivity contribution >= 4 is 0 Å². The number of ether oxygens (including phenoxy) is 2. The summed E-state index contributed by atoms with van der Waals surface area (Å²) in [6.07, 6.45) is 0.620. The van der Waals surface area contributed by atoms with Crippen LogP contribution in [0.3, 0.4) is 0 Å². The fourth-order valence-corrected chi connectivity index (χ4v) is 2.82. The van der Waals surface area contributed by atoms with Crippen molar-refractivity contribution in [3.8, 4) is 17.2 Å². The largest absolute Gasteiger partial charge is 0.496 e. The zero-order valence-corrected chi connectivity index (χ0v) is 16.7. The van der Waals surface area contributed by atoms with E-state index in [1.807, 2.05) is 0 Å². The highest BCUT2D eigenvalue weighted by atomic mass is 16.5. The summed E-state index contributed by atoms with van der Waals surface area (Å²) in [6.45, 7) is 13.8. The summed E-state index contributed by atoms with van der Waals surface area (Å²) in [4.78, 5) is 4.50. The molecule has 0 amide bonds. The maximum absolute atomic E-state index is 5.64. The summed E-state index contributed by atoms with van der Waals surface area (Å²) in [5.74, 6) is 1.87. The van der Waals surface area contributed by atoms with Gasteiger partial charge in [-0.05, 0) is 34.1 Å². The second-order valence-corrected chi connectivity index (χ2v) is 8.36. The molecule has 25 heavy (non-hydrogen) atoms. The molecular formula is C20H30N2O3. The Balaban J connectivity index is 2.60. The number of rotatable bonds is 5. The fourth-order valence-electron chi connectivity index (χ4n) is 2.82. The van der Waals surface area contributed by atoms with Gasteiger partial charge in [0.1, 0.15) is 5.75 Å². The number of hydrogen-bond acceptors (Lipinski definition) is 5. The van der Waals surface area contributed by atoms with E-state index < -0.39 is 0 Å². The maximum atomic E-state index is 5.64. The van der Waals surface area contributed by atoms with Crippen LogP contribution in [0.2, 0.25) is 0 Å². The molecule has 0 N–H and O–H groups in total. The Labute approximate surface area is 150 Å². The van der Waals surface area contributed by atoms with Crippen molar-refractivity contribution in [2.75, 3.05) is 20.8 Å². The van der Waals surface area contributed by atoms with Crippen LogP contribution in [0.5, 0.6) is 5.75 Å². The molecule has 0 bridgehead atoms. The second-order valence-electron chi connectivity index (χ2n) is 8.36. The number of aromatic nitrogens is 2. The van der Waals surface area contributed by atoms with E-state index in [0.29, 0.717) is 24.7 Å². The molecule has 0 aliphatic carbocycles. The molecule has 0 aliphatic rings. The Morgan fingerprint density at radius 2 is 1.56 bits per heavy atom. The first-order chi connectivity index (χ1) is 11.6. The molecule has 138 valence electrons. The Bertz CT molecular complexity index is 722. The van der Waals surface area contributed by atoms with Gasteiger partial charge in [-0.2, -0.15) is 4.98 Å². The molecule has 0 aliphatic heterocycles. The van der Waals surface area contributed by atoms with Gasteiger partial charge >= 0.3 is 0 Å². The van der Waals surface area contributed by atoms with Gasteiger partial charge < -0.3 is 14.0 Å². The zero-order valence-electron chi connectivity index (χ0n) is 16.7. The van der Waals surface area contributed by atoms with E-state index >= 15 is 0 Å². The normalized spacial score (nSPS) is 12.5. The van der Waals surface area contributed by atoms with E-state index in [-0.39, 0.29) is 10.8 Å². The Kier molecular flexibility index (Phi) is 5.57. The number of hydrogen-bond donors (Lipinski definition) is 0. The molecule has 2 rings (SSSR count). The molecular weight excluding hydrogens is 316 g/mol. The molecule has 5 nitrogen and oxygen atoms in total. The van der Waals surface area contributed by atoms with E-state index in [1.54, 1.807) is 14.2 Å². The minimum Gasteiger partial charge on any atom is -0.496 e. The van der Waals surface area contributed by atoms with Gasteiger partial charge in [-0.25, -0.2) is 0 Å². The van der Waals surface area contributed by atoms with Gasteiger partial charge in [-0.3, -0.25) is 0 Å². The first-order valence-corrected chi connectivity index (χ1v) is 8.63. The van der Waals surface area contributed by atoms with Crippen molar-refractivity contribution in [3.05, 3.63) is 29.1 Å². The molecule has 2 aromatic rings. The SMILES string of the molecule is COCCc1noc(-c2cc(C(C)(C)C)c(C(C)(C)C)cc2OC)n1. The van der Waals surface area contributed by atoms with E-state index in [4.69, 9.17) is 14.0 Å². The third-order valence-corrected chi connectivity index (χ3v) is 4.18. The quantitative estimate of drug-likeness (QED) is 0.796. The van der Waals surface area contributed by atoms with Crippen molar-refractivity contribution in [1.82, 2.24) is 10.1 Å². The van der Waals surface area contributed by atoms with Gasteiger partial charge in [-0.1, -0.05) is 46.7 Å². The summed E-state index contributed by atoms with van der Waals surface area (Å²) in [6, 6.07) is 4.24. The van der Waals surface area contributed by atoms with Crippen LogP contribution in [0.15, 0.2) is 16.7 Å². The molecule has 0 fully saturated rings. The predicted octanol–water partition coefficient (Wildman–Crippen LogP) is 4.53. The summed E-state index contributed by atoms with van der Waals surface area (Å²) in [7, 11) is 3.33. The van der Waals surface area contributed by atoms with E-state index in [2.05, 4.69) is 63.8 Å². The van der Waals surface area contributed by atoms with E-state index in [1.165, 1.54) is 11.1 Å². The van der Waals surface area contributed by atoms with Gasteiger partial charge in [0.05, 0.1) is 19.3 Å². The minimum atomic E-state index is -0.0114. The number of nitrogens with zero attached hydrogens (tertiary/aromatic N) is 2.